The van der Waals surface area contributed by atoms with Gasteiger partial charge in [-0.3, -0.25) is 4.79 Å². The Bertz CT molecular complexity index is 640. The lowest BCUT2D eigenvalue weighted by Crippen LogP contribution is -2.19. The monoisotopic (exact) mass is 293 g/mol. The fourth-order valence-electron chi connectivity index (χ4n) is 1.67. The van der Waals surface area contributed by atoms with Gasteiger partial charge in [-0.1, -0.05) is 0 Å². The van der Waals surface area contributed by atoms with Crippen LogP contribution in [0.1, 0.15) is 28.8 Å². The molecule has 0 aliphatic rings. The van der Waals surface area contributed by atoms with E-state index in [1.165, 1.54) is 11.3 Å². The fourth-order valence-corrected chi connectivity index (χ4v) is 2.42. The number of carbonyl (C=O) groups is 2. The molecule has 4 nitrogen and oxygen atoms in total. The van der Waals surface area contributed by atoms with Crippen LogP contribution >= 0.6 is 11.3 Å². The molecular formula is C14H12FNO3S. The van der Waals surface area contributed by atoms with Crippen LogP contribution in [0.2, 0.25) is 0 Å². The first-order valence-electron chi connectivity index (χ1n) is 5.85. The summed E-state index contributed by atoms with van der Waals surface area (Å²) in [4.78, 5) is 22.9. The number of carboxylic acids is 1. The second kappa shape index (κ2) is 5.83. The standard InChI is InChI=1S/C14H12FNO3S/c1-8(10-4-5-20-7-10)13(17)16-12-6-9(14(18)19)2-3-11(12)15/h2-8H,1H3,(H,16,17)(H,18,19). The van der Waals surface area contributed by atoms with Gasteiger partial charge >= 0.3 is 5.97 Å². The van der Waals surface area contributed by atoms with Gasteiger partial charge in [0.05, 0.1) is 17.2 Å². The van der Waals surface area contributed by atoms with E-state index in [1.807, 2.05) is 16.8 Å². The van der Waals surface area contributed by atoms with Crippen LogP contribution in [0.5, 0.6) is 0 Å². The second-order valence-electron chi connectivity index (χ2n) is 4.27. The zero-order valence-electron chi connectivity index (χ0n) is 10.6. The summed E-state index contributed by atoms with van der Waals surface area (Å²) < 4.78 is 13.6. The number of carboxylic acid groups (broad SMARTS) is 1. The Morgan fingerprint density at radius 1 is 1.35 bits per heavy atom. The lowest BCUT2D eigenvalue weighted by molar-refractivity contribution is -0.117. The minimum absolute atomic E-state index is 0.0788. The maximum absolute atomic E-state index is 13.6. The minimum atomic E-state index is -1.17. The number of hydrogen-bond acceptors (Lipinski definition) is 3. The van der Waals surface area contributed by atoms with Crippen molar-refractivity contribution in [2.45, 2.75) is 12.8 Å². The molecule has 0 spiro atoms. The van der Waals surface area contributed by atoms with Crippen LogP contribution in [0.4, 0.5) is 10.1 Å². The number of aromatic carboxylic acids is 1. The molecule has 1 amide bonds. The van der Waals surface area contributed by atoms with E-state index in [4.69, 9.17) is 5.11 Å². The van der Waals surface area contributed by atoms with Gasteiger partial charge in [-0.2, -0.15) is 11.3 Å². The smallest absolute Gasteiger partial charge is 0.335 e. The van der Waals surface area contributed by atoms with Crippen molar-refractivity contribution < 1.29 is 19.1 Å². The largest absolute Gasteiger partial charge is 0.478 e. The molecule has 1 unspecified atom stereocenters. The summed E-state index contributed by atoms with van der Waals surface area (Å²) in [6, 6.07) is 5.10. The Labute approximate surface area is 118 Å². The predicted molar refractivity (Wildman–Crippen MR) is 74.7 cm³/mol. The molecule has 6 heteroatoms. The van der Waals surface area contributed by atoms with Gasteiger partial charge in [-0.05, 0) is 47.5 Å². The molecule has 0 aliphatic carbocycles. The van der Waals surface area contributed by atoms with Crippen molar-refractivity contribution in [3.8, 4) is 0 Å². The first-order chi connectivity index (χ1) is 9.49. The Kier molecular flexibility index (Phi) is 4.14. The van der Waals surface area contributed by atoms with E-state index in [0.717, 1.165) is 23.8 Å². The van der Waals surface area contributed by atoms with Crippen LogP contribution in [-0.4, -0.2) is 17.0 Å². The van der Waals surface area contributed by atoms with Gasteiger partial charge in [0.25, 0.3) is 0 Å². The number of nitrogens with one attached hydrogen (secondary N) is 1. The molecule has 2 N–H and O–H groups in total. The Hall–Kier alpha value is -2.21. The van der Waals surface area contributed by atoms with Gasteiger partial charge in [0, 0.05) is 0 Å². The number of anilines is 1. The number of halogens is 1. The summed E-state index contributed by atoms with van der Waals surface area (Å²) >= 11 is 1.47. The lowest BCUT2D eigenvalue weighted by Gasteiger charge is -2.12. The Morgan fingerprint density at radius 2 is 2.10 bits per heavy atom. The van der Waals surface area contributed by atoms with Crippen LogP contribution in [0.3, 0.4) is 0 Å². The van der Waals surface area contributed by atoms with Crippen molar-refractivity contribution in [2.75, 3.05) is 5.32 Å². The van der Waals surface area contributed by atoms with Crippen LogP contribution in [0.15, 0.2) is 35.0 Å². The van der Waals surface area contributed by atoms with Gasteiger partial charge in [-0.25, -0.2) is 9.18 Å². The summed E-state index contributed by atoms with van der Waals surface area (Å²) in [5, 5.41) is 15.0. The molecular weight excluding hydrogens is 281 g/mol. The molecule has 0 saturated heterocycles. The van der Waals surface area contributed by atoms with Gasteiger partial charge in [0.2, 0.25) is 5.91 Å². The van der Waals surface area contributed by atoms with Crippen LogP contribution in [0, 0.1) is 5.82 Å². The summed E-state index contributed by atoms with van der Waals surface area (Å²) in [5.74, 6) is -2.66. The van der Waals surface area contributed by atoms with Crippen molar-refractivity contribution in [3.05, 3.63) is 52.0 Å². The van der Waals surface area contributed by atoms with E-state index in [0.29, 0.717) is 0 Å². The van der Waals surface area contributed by atoms with Gasteiger partial charge < -0.3 is 10.4 Å². The van der Waals surface area contributed by atoms with Crippen molar-refractivity contribution in [1.82, 2.24) is 0 Å². The van der Waals surface area contributed by atoms with Crippen molar-refractivity contribution in [3.63, 3.8) is 0 Å². The number of rotatable bonds is 4. The maximum Gasteiger partial charge on any atom is 0.335 e. The van der Waals surface area contributed by atoms with E-state index < -0.39 is 17.7 Å². The van der Waals surface area contributed by atoms with E-state index in [1.54, 1.807) is 6.92 Å². The molecule has 1 atom stereocenters. The van der Waals surface area contributed by atoms with Crippen molar-refractivity contribution >= 4 is 28.9 Å². The highest BCUT2D eigenvalue weighted by molar-refractivity contribution is 7.08. The quantitative estimate of drug-likeness (QED) is 0.908. The third-order valence-electron chi connectivity index (χ3n) is 2.91. The minimum Gasteiger partial charge on any atom is -0.478 e. The highest BCUT2D eigenvalue weighted by atomic mass is 32.1. The summed E-state index contributed by atoms with van der Waals surface area (Å²) in [7, 11) is 0. The van der Waals surface area contributed by atoms with E-state index in [9.17, 15) is 14.0 Å². The average molecular weight is 293 g/mol. The summed E-state index contributed by atoms with van der Waals surface area (Å²) in [6.45, 7) is 1.70. The molecule has 0 radical (unpaired) electrons. The second-order valence-corrected chi connectivity index (χ2v) is 5.05. The SMILES string of the molecule is CC(C(=O)Nc1cc(C(=O)O)ccc1F)c1ccsc1. The average Bonchev–Trinajstić information content (AvgIpc) is 2.94. The fraction of sp³-hybridized carbons (Fsp3) is 0.143. The molecule has 1 aromatic heterocycles. The molecule has 0 aliphatic heterocycles. The molecule has 2 rings (SSSR count). The van der Waals surface area contributed by atoms with Gasteiger partial charge in [0.15, 0.2) is 0 Å². The number of amides is 1. The third-order valence-corrected chi connectivity index (χ3v) is 3.61. The third kappa shape index (κ3) is 3.03. The molecule has 0 fully saturated rings. The van der Waals surface area contributed by atoms with Crippen molar-refractivity contribution in [2.24, 2.45) is 0 Å². The first-order valence-corrected chi connectivity index (χ1v) is 6.79. The van der Waals surface area contributed by atoms with E-state index >= 15 is 0 Å². The highest BCUT2D eigenvalue weighted by Crippen LogP contribution is 2.22. The van der Waals surface area contributed by atoms with Gasteiger partial charge in [-0.15, -0.1) is 0 Å². The van der Waals surface area contributed by atoms with Gasteiger partial charge in [0.1, 0.15) is 5.82 Å². The Balaban J connectivity index is 2.19. The number of hydrogen-bond donors (Lipinski definition) is 2. The Morgan fingerprint density at radius 3 is 2.70 bits per heavy atom. The summed E-state index contributed by atoms with van der Waals surface area (Å²) in [5.41, 5.74) is 0.629. The van der Waals surface area contributed by atoms with Crippen molar-refractivity contribution in [1.29, 1.82) is 0 Å². The highest BCUT2D eigenvalue weighted by Gasteiger charge is 2.18. The topological polar surface area (TPSA) is 66.4 Å². The number of thiophene rings is 1. The number of benzene rings is 1. The molecule has 0 bridgehead atoms. The molecule has 104 valence electrons. The number of carbonyl (C=O) groups excluding carboxylic acids is 1. The molecule has 0 saturated carbocycles. The zero-order chi connectivity index (χ0) is 14.7. The van der Waals surface area contributed by atoms with E-state index in [2.05, 4.69) is 5.32 Å². The molecule has 2 aromatic rings. The zero-order valence-corrected chi connectivity index (χ0v) is 11.4. The normalized spacial score (nSPS) is 11.9. The molecule has 20 heavy (non-hydrogen) atoms. The van der Waals surface area contributed by atoms with Crippen LogP contribution < -0.4 is 5.32 Å². The maximum atomic E-state index is 13.6. The van der Waals surface area contributed by atoms with Crippen LogP contribution in [-0.2, 0) is 4.79 Å². The van der Waals surface area contributed by atoms with E-state index in [-0.39, 0.29) is 17.2 Å². The summed E-state index contributed by atoms with van der Waals surface area (Å²) in [6.07, 6.45) is 0. The molecule has 1 heterocycles. The lowest BCUT2D eigenvalue weighted by atomic mass is 10.0. The van der Waals surface area contributed by atoms with Crippen LogP contribution in [0.25, 0.3) is 0 Å². The molecule has 1 aromatic carbocycles. The first kappa shape index (κ1) is 14.2. The predicted octanol–water partition coefficient (Wildman–Crippen LogP) is 3.33.